The Morgan fingerprint density at radius 2 is 2.44 bits per heavy atom. The molecule has 0 radical (unpaired) electrons. The molecule has 1 N–H and O–H groups in total. The predicted octanol–water partition coefficient (Wildman–Crippen LogP) is 2.60. The lowest BCUT2D eigenvalue weighted by molar-refractivity contribution is -0.114. The van der Waals surface area contributed by atoms with Crippen molar-refractivity contribution in [3.05, 3.63) is 33.7 Å². The zero-order chi connectivity index (χ0) is 12.0. The van der Waals surface area contributed by atoms with Crippen molar-refractivity contribution in [1.29, 1.82) is 0 Å². The van der Waals surface area contributed by atoms with Crippen molar-refractivity contribution >= 4 is 23.2 Å². The molecule has 1 rings (SSSR count). The first kappa shape index (κ1) is 12.2. The summed E-state index contributed by atoms with van der Waals surface area (Å²) in [6.45, 7) is -0.272. The van der Waals surface area contributed by atoms with Gasteiger partial charge < -0.3 is 10.1 Å². The van der Waals surface area contributed by atoms with Crippen LogP contribution < -0.4 is 10.1 Å². The summed E-state index contributed by atoms with van der Waals surface area (Å²) in [6, 6.07) is 4.82. The number of rotatable bonds is 4. The van der Waals surface area contributed by atoms with E-state index >= 15 is 0 Å². The van der Waals surface area contributed by atoms with E-state index in [0.29, 0.717) is 16.5 Å². The van der Waals surface area contributed by atoms with E-state index in [0.717, 1.165) is 0 Å². The molecule has 16 heavy (non-hydrogen) atoms. The highest BCUT2D eigenvalue weighted by molar-refractivity contribution is 6.31. The Balaban J connectivity index is 2.82. The molecule has 0 saturated carbocycles. The molecule has 0 spiro atoms. The standard InChI is InChI=1S/C9H9ClN4O2/c1-16-8-3-2-6(10)4-7(8)13-9(15)5-12-14-11/h2-4H,5H2,1H3,(H,13,15). The van der Waals surface area contributed by atoms with Gasteiger partial charge in [0.05, 0.1) is 12.8 Å². The molecule has 0 aliphatic carbocycles. The average Bonchev–Trinajstić information content (AvgIpc) is 2.27. The Morgan fingerprint density at radius 1 is 1.69 bits per heavy atom. The number of azide groups is 1. The monoisotopic (exact) mass is 240 g/mol. The summed E-state index contributed by atoms with van der Waals surface area (Å²) in [7, 11) is 1.48. The number of nitrogens with zero attached hydrogens (tertiary/aromatic N) is 3. The maximum Gasteiger partial charge on any atom is 0.230 e. The number of nitrogens with one attached hydrogen (secondary N) is 1. The van der Waals surface area contributed by atoms with Gasteiger partial charge in [-0.1, -0.05) is 16.7 Å². The predicted molar refractivity (Wildman–Crippen MR) is 60.6 cm³/mol. The van der Waals surface area contributed by atoms with E-state index in [1.54, 1.807) is 18.2 Å². The summed E-state index contributed by atoms with van der Waals surface area (Å²) in [5, 5.41) is 6.14. The van der Waals surface area contributed by atoms with E-state index < -0.39 is 5.91 Å². The molecule has 0 aliphatic rings. The number of methoxy groups -OCH3 is 1. The van der Waals surface area contributed by atoms with E-state index in [9.17, 15) is 4.79 Å². The lowest BCUT2D eigenvalue weighted by Gasteiger charge is -2.09. The average molecular weight is 241 g/mol. The van der Waals surface area contributed by atoms with Gasteiger partial charge in [0.1, 0.15) is 12.3 Å². The molecule has 7 heteroatoms. The van der Waals surface area contributed by atoms with Crippen LogP contribution in [-0.4, -0.2) is 19.6 Å². The Kier molecular flexibility index (Phi) is 4.44. The van der Waals surface area contributed by atoms with Crippen LogP contribution in [0.5, 0.6) is 5.75 Å². The maximum atomic E-state index is 11.3. The van der Waals surface area contributed by atoms with Crippen LogP contribution >= 0.6 is 11.6 Å². The van der Waals surface area contributed by atoms with E-state index in [2.05, 4.69) is 15.3 Å². The van der Waals surface area contributed by atoms with Gasteiger partial charge in [-0.2, -0.15) is 0 Å². The molecule has 1 aromatic rings. The highest BCUT2D eigenvalue weighted by Gasteiger charge is 2.07. The van der Waals surface area contributed by atoms with Crippen molar-refractivity contribution < 1.29 is 9.53 Å². The van der Waals surface area contributed by atoms with Crippen molar-refractivity contribution in [2.75, 3.05) is 19.0 Å². The lowest BCUT2D eigenvalue weighted by atomic mass is 10.3. The zero-order valence-electron chi connectivity index (χ0n) is 8.48. The zero-order valence-corrected chi connectivity index (χ0v) is 9.23. The first-order valence-electron chi connectivity index (χ1n) is 4.31. The van der Waals surface area contributed by atoms with E-state index in [1.807, 2.05) is 0 Å². The number of benzene rings is 1. The van der Waals surface area contributed by atoms with E-state index in [-0.39, 0.29) is 6.54 Å². The number of halogens is 1. The third kappa shape index (κ3) is 3.34. The quantitative estimate of drug-likeness (QED) is 0.498. The third-order valence-corrected chi connectivity index (χ3v) is 1.95. The van der Waals surface area contributed by atoms with Gasteiger partial charge in [0.2, 0.25) is 5.91 Å². The largest absolute Gasteiger partial charge is 0.495 e. The topological polar surface area (TPSA) is 87.1 Å². The first-order chi connectivity index (χ1) is 7.67. The van der Waals surface area contributed by atoms with Crippen LogP contribution in [0.3, 0.4) is 0 Å². The van der Waals surface area contributed by atoms with Gasteiger partial charge >= 0.3 is 0 Å². The highest BCUT2D eigenvalue weighted by atomic mass is 35.5. The fourth-order valence-electron chi connectivity index (χ4n) is 1.06. The summed E-state index contributed by atoms with van der Waals surface area (Å²) in [5.74, 6) is 0.0528. The number of ether oxygens (including phenoxy) is 1. The van der Waals surface area contributed by atoms with Crippen LogP contribution in [0.2, 0.25) is 5.02 Å². The van der Waals surface area contributed by atoms with Crippen LogP contribution in [0.1, 0.15) is 0 Å². The molecule has 0 atom stereocenters. The van der Waals surface area contributed by atoms with E-state index in [1.165, 1.54) is 7.11 Å². The highest BCUT2D eigenvalue weighted by Crippen LogP contribution is 2.27. The molecule has 1 aromatic carbocycles. The third-order valence-electron chi connectivity index (χ3n) is 1.71. The van der Waals surface area contributed by atoms with E-state index in [4.69, 9.17) is 21.9 Å². The number of anilines is 1. The molecule has 0 aromatic heterocycles. The minimum absolute atomic E-state index is 0.272. The Hall–Kier alpha value is -1.91. The lowest BCUT2D eigenvalue weighted by Crippen LogP contribution is -2.14. The SMILES string of the molecule is COc1ccc(Cl)cc1NC(=O)CN=[N+]=[N-]. The molecular formula is C9H9ClN4O2. The fraction of sp³-hybridized carbons (Fsp3) is 0.222. The summed E-state index contributed by atoms with van der Waals surface area (Å²) < 4.78 is 5.03. The van der Waals surface area contributed by atoms with Crippen molar-refractivity contribution in [2.45, 2.75) is 0 Å². The van der Waals surface area contributed by atoms with Crippen molar-refractivity contribution in [2.24, 2.45) is 5.11 Å². The minimum Gasteiger partial charge on any atom is -0.495 e. The Bertz CT molecular complexity index is 443. The molecule has 0 bridgehead atoms. The molecule has 0 unspecified atom stereocenters. The van der Waals surface area contributed by atoms with Gasteiger partial charge in [0, 0.05) is 9.93 Å². The molecule has 0 aliphatic heterocycles. The first-order valence-corrected chi connectivity index (χ1v) is 4.69. The number of hydrogen-bond donors (Lipinski definition) is 1. The number of carbonyl (C=O) groups excluding carboxylic acids is 1. The van der Waals surface area contributed by atoms with Crippen LogP contribution in [0.15, 0.2) is 23.3 Å². The van der Waals surface area contributed by atoms with Crippen LogP contribution in [0.25, 0.3) is 10.4 Å². The summed E-state index contributed by atoms with van der Waals surface area (Å²) in [5.41, 5.74) is 8.50. The Morgan fingerprint density at radius 3 is 3.06 bits per heavy atom. The normalized spacial score (nSPS) is 9.12. The van der Waals surface area contributed by atoms with Crippen LogP contribution in [0.4, 0.5) is 5.69 Å². The van der Waals surface area contributed by atoms with Gasteiger partial charge in [0.15, 0.2) is 0 Å². The second kappa shape index (κ2) is 5.85. The van der Waals surface area contributed by atoms with Crippen LogP contribution in [0, 0.1) is 0 Å². The molecule has 1 amide bonds. The summed E-state index contributed by atoms with van der Waals surface area (Å²) in [6.07, 6.45) is 0. The van der Waals surface area contributed by atoms with Gasteiger partial charge in [0.25, 0.3) is 0 Å². The van der Waals surface area contributed by atoms with Gasteiger partial charge in [-0.05, 0) is 23.7 Å². The van der Waals surface area contributed by atoms with Crippen molar-refractivity contribution in [1.82, 2.24) is 0 Å². The Labute approximate surface area is 96.8 Å². The molecule has 0 heterocycles. The minimum atomic E-state index is -0.432. The van der Waals surface area contributed by atoms with Gasteiger partial charge in [-0.3, -0.25) is 4.79 Å². The number of amides is 1. The molecule has 0 fully saturated rings. The molecule has 0 saturated heterocycles. The molecular weight excluding hydrogens is 232 g/mol. The van der Waals surface area contributed by atoms with Crippen LogP contribution in [-0.2, 0) is 4.79 Å². The summed E-state index contributed by atoms with van der Waals surface area (Å²) >= 11 is 5.77. The smallest absolute Gasteiger partial charge is 0.230 e. The van der Waals surface area contributed by atoms with Crippen molar-refractivity contribution in [3.8, 4) is 5.75 Å². The molecule has 6 nitrogen and oxygen atoms in total. The maximum absolute atomic E-state index is 11.3. The molecule has 84 valence electrons. The fourth-order valence-corrected chi connectivity index (χ4v) is 1.24. The number of hydrogen-bond acceptors (Lipinski definition) is 3. The van der Waals surface area contributed by atoms with Gasteiger partial charge in [-0.25, -0.2) is 0 Å². The second-order valence-electron chi connectivity index (χ2n) is 2.78. The van der Waals surface area contributed by atoms with Gasteiger partial charge in [-0.15, -0.1) is 0 Å². The second-order valence-corrected chi connectivity index (χ2v) is 3.22. The van der Waals surface area contributed by atoms with Crippen molar-refractivity contribution in [3.63, 3.8) is 0 Å². The number of carbonyl (C=O) groups is 1. The summed E-state index contributed by atoms with van der Waals surface area (Å²) in [4.78, 5) is 13.8.